The maximum Gasteiger partial charge on any atom is 0.248 e. The number of hydrogen-bond donors (Lipinski definition) is 1. The molecule has 1 unspecified atom stereocenters. The molecule has 6 heteroatoms. The smallest absolute Gasteiger partial charge is 0.248 e. The first-order valence-electron chi connectivity index (χ1n) is 7.27. The lowest BCUT2D eigenvalue weighted by Gasteiger charge is -2.28. The fraction of sp³-hybridized carbons (Fsp3) is 0.533. The lowest BCUT2D eigenvalue weighted by Crippen LogP contribution is -2.48. The van der Waals surface area contributed by atoms with Gasteiger partial charge in [0.25, 0.3) is 0 Å². The SMILES string of the molecule is O=C(COCC1COc2ccccc2O1)N1CCNCC1. The molecular weight excluding hydrogens is 272 g/mol. The van der Waals surface area contributed by atoms with Crippen molar-refractivity contribution in [2.75, 3.05) is 46.0 Å². The van der Waals surface area contributed by atoms with Gasteiger partial charge in [-0.25, -0.2) is 0 Å². The number of amides is 1. The molecule has 114 valence electrons. The third-order valence-electron chi connectivity index (χ3n) is 3.57. The number of para-hydroxylation sites is 2. The van der Waals surface area contributed by atoms with Crippen molar-refractivity contribution in [3.8, 4) is 11.5 Å². The van der Waals surface area contributed by atoms with E-state index >= 15 is 0 Å². The number of rotatable bonds is 4. The molecule has 1 aromatic rings. The monoisotopic (exact) mass is 292 g/mol. The van der Waals surface area contributed by atoms with Crippen LogP contribution in [0.15, 0.2) is 24.3 Å². The van der Waals surface area contributed by atoms with E-state index in [1.165, 1.54) is 0 Å². The Morgan fingerprint density at radius 2 is 2.05 bits per heavy atom. The van der Waals surface area contributed by atoms with Gasteiger partial charge in [-0.3, -0.25) is 4.79 Å². The van der Waals surface area contributed by atoms with Crippen LogP contribution in [0.25, 0.3) is 0 Å². The Hall–Kier alpha value is -1.79. The molecule has 2 aliphatic rings. The second-order valence-electron chi connectivity index (χ2n) is 5.14. The van der Waals surface area contributed by atoms with Gasteiger partial charge < -0.3 is 24.4 Å². The van der Waals surface area contributed by atoms with Crippen molar-refractivity contribution in [3.63, 3.8) is 0 Å². The van der Waals surface area contributed by atoms with Crippen molar-refractivity contribution in [1.82, 2.24) is 10.2 Å². The van der Waals surface area contributed by atoms with Crippen LogP contribution in [0.3, 0.4) is 0 Å². The summed E-state index contributed by atoms with van der Waals surface area (Å²) in [6, 6.07) is 7.55. The zero-order chi connectivity index (χ0) is 14.5. The third-order valence-corrected chi connectivity index (χ3v) is 3.57. The number of nitrogens with zero attached hydrogens (tertiary/aromatic N) is 1. The third kappa shape index (κ3) is 3.65. The molecule has 0 saturated carbocycles. The zero-order valence-electron chi connectivity index (χ0n) is 11.9. The number of carbonyl (C=O) groups is 1. The minimum atomic E-state index is -0.171. The normalized spacial score (nSPS) is 21.1. The second kappa shape index (κ2) is 6.78. The highest BCUT2D eigenvalue weighted by molar-refractivity contribution is 5.77. The minimum absolute atomic E-state index is 0.0358. The van der Waals surface area contributed by atoms with Gasteiger partial charge in [-0.15, -0.1) is 0 Å². The van der Waals surface area contributed by atoms with E-state index in [9.17, 15) is 4.79 Å². The predicted molar refractivity (Wildman–Crippen MR) is 76.6 cm³/mol. The second-order valence-corrected chi connectivity index (χ2v) is 5.14. The maximum atomic E-state index is 11.9. The molecule has 1 N–H and O–H groups in total. The number of hydrogen-bond acceptors (Lipinski definition) is 5. The van der Waals surface area contributed by atoms with Crippen LogP contribution < -0.4 is 14.8 Å². The van der Waals surface area contributed by atoms with Crippen LogP contribution in [-0.2, 0) is 9.53 Å². The van der Waals surface area contributed by atoms with Crippen LogP contribution in [0.4, 0.5) is 0 Å². The predicted octanol–water partition coefficient (Wildman–Crippen LogP) is 0.275. The van der Waals surface area contributed by atoms with Crippen LogP contribution in [0.1, 0.15) is 0 Å². The summed E-state index contributed by atoms with van der Waals surface area (Å²) < 4.78 is 16.9. The number of benzene rings is 1. The Labute approximate surface area is 124 Å². The van der Waals surface area contributed by atoms with Gasteiger partial charge in [0, 0.05) is 26.2 Å². The van der Waals surface area contributed by atoms with Crippen molar-refractivity contribution in [3.05, 3.63) is 24.3 Å². The zero-order valence-corrected chi connectivity index (χ0v) is 11.9. The van der Waals surface area contributed by atoms with Gasteiger partial charge in [0.2, 0.25) is 5.91 Å². The highest BCUT2D eigenvalue weighted by Gasteiger charge is 2.22. The number of fused-ring (bicyclic) bond motifs is 1. The van der Waals surface area contributed by atoms with E-state index in [0.717, 1.165) is 37.7 Å². The van der Waals surface area contributed by atoms with Gasteiger partial charge in [0.05, 0.1) is 6.61 Å². The first-order valence-corrected chi connectivity index (χ1v) is 7.27. The molecule has 1 saturated heterocycles. The Bertz CT molecular complexity index is 488. The molecule has 0 aliphatic carbocycles. The summed E-state index contributed by atoms with van der Waals surface area (Å²) in [7, 11) is 0. The molecule has 0 spiro atoms. The van der Waals surface area contributed by atoms with Gasteiger partial charge in [0.15, 0.2) is 17.6 Å². The van der Waals surface area contributed by atoms with Crippen LogP contribution >= 0.6 is 0 Å². The van der Waals surface area contributed by atoms with Gasteiger partial charge >= 0.3 is 0 Å². The molecule has 0 bridgehead atoms. The molecule has 1 fully saturated rings. The van der Waals surface area contributed by atoms with Gasteiger partial charge in [-0.1, -0.05) is 12.1 Å². The summed E-state index contributed by atoms with van der Waals surface area (Å²) in [6.45, 7) is 4.09. The van der Waals surface area contributed by atoms with E-state index in [2.05, 4.69) is 5.32 Å². The lowest BCUT2D eigenvalue weighted by atomic mass is 10.3. The van der Waals surface area contributed by atoms with E-state index < -0.39 is 0 Å². The van der Waals surface area contributed by atoms with Gasteiger partial charge in [-0.2, -0.15) is 0 Å². The maximum absolute atomic E-state index is 11.9. The van der Waals surface area contributed by atoms with Crippen molar-refractivity contribution in [2.45, 2.75) is 6.10 Å². The average Bonchev–Trinajstić information content (AvgIpc) is 2.55. The van der Waals surface area contributed by atoms with E-state index in [0.29, 0.717) is 13.2 Å². The summed E-state index contributed by atoms with van der Waals surface area (Å²) in [5.41, 5.74) is 0. The molecule has 0 radical (unpaired) electrons. The fourth-order valence-electron chi connectivity index (χ4n) is 2.43. The molecule has 6 nitrogen and oxygen atoms in total. The Kier molecular flexibility index (Phi) is 4.57. The topological polar surface area (TPSA) is 60.0 Å². The molecule has 1 atom stereocenters. The van der Waals surface area contributed by atoms with Gasteiger partial charge in [-0.05, 0) is 12.1 Å². The van der Waals surface area contributed by atoms with E-state index in [1.807, 2.05) is 29.2 Å². The molecular formula is C15H20N2O4. The first-order chi connectivity index (χ1) is 10.3. The van der Waals surface area contributed by atoms with E-state index in [1.54, 1.807) is 0 Å². The first kappa shape index (κ1) is 14.2. The van der Waals surface area contributed by atoms with E-state index in [4.69, 9.17) is 14.2 Å². The molecule has 21 heavy (non-hydrogen) atoms. The Morgan fingerprint density at radius 1 is 1.29 bits per heavy atom. The molecule has 2 aliphatic heterocycles. The van der Waals surface area contributed by atoms with Crippen LogP contribution in [0, 0.1) is 0 Å². The van der Waals surface area contributed by atoms with Crippen molar-refractivity contribution in [1.29, 1.82) is 0 Å². The number of piperazine rings is 1. The highest BCUT2D eigenvalue weighted by Crippen LogP contribution is 2.30. The largest absolute Gasteiger partial charge is 0.486 e. The van der Waals surface area contributed by atoms with Crippen LogP contribution in [-0.4, -0.2) is 62.9 Å². The summed E-state index contributed by atoms with van der Waals surface area (Å²) in [4.78, 5) is 13.8. The number of ether oxygens (including phenoxy) is 3. The fourth-order valence-corrected chi connectivity index (χ4v) is 2.43. The summed E-state index contributed by atoms with van der Waals surface area (Å²) in [5.74, 6) is 1.52. The lowest BCUT2D eigenvalue weighted by molar-refractivity contribution is -0.137. The van der Waals surface area contributed by atoms with Crippen molar-refractivity contribution < 1.29 is 19.0 Å². The quantitative estimate of drug-likeness (QED) is 0.863. The van der Waals surface area contributed by atoms with Gasteiger partial charge in [0.1, 0.15) is 13.2 Å². The Balaban J connectivity index is 1.41. The van der Waals surface area contributed by atoms with Crippen LogP contribution in [0.5, 0.6) is 11.5 Å². The number of carbonyl (C=O) groups excluding carboxylic acids is 1. The van der Waals surface area contributed by atoms with Crippen LogP contribution in [0.2, 0.25) is 0 Å². The Morgan fingerprint density at radius 3 is 2.86 bits per heavy atom. The average molecular weight is 292 g/mol. The van der Waals surface area contributed by atoms with Crippen molar-refractivity contribution >= 4 is 5.91 Å². The standard InChI is InChI=1S/C15H20N2O4/c18-15(17-7-5-16-6-8-17)11-19-9-12-10-20-13-3-1-2-4-14(13)21-12/h1-4,12,16H,5-11H2. The molecule has 1 amide bonds. The minimum Gasteiger partial charge on any atom is -0.486 e. The molecule has 2 heterocycles. The summed E-state index contributed by atoms with van der Waals surface area (Å²) in [6.07, 6.45) is -0.171. The molecule has 1 aromatic carbocycles. The van der Waals surface area contributed by atoms with Crippen molar-refractivity contribution in [2.24, 2.45) is 0 Å². The summed E-state index contributed by atoms with van der Waals surface area (Å²) in [5, 5.41) is 3.22. The number of nitrogens with one attached hydrogen (secondary N) is 1. The molecule has 3 rings (SSSR count). The van der Waals surface area contributed by atoms with E-state index in [-0.39, 0.29) is 18.6 Å². The highest BCUT2D eigenvalue weighted by atomic mass is 16.6. The molecule has 0 aromatic heterocycles. The summed E-state index contributed by atoms with van der Waals surface area (Å²) >= 11 is 0.